The van der Waals surface area contributed by atoms with Gasteiger partial charge in [-0.2, -0.15) is 0 Å². The Morgan fingerprint density at radius 3 is 2.39 bits per heavy atom. The second-order valence-corrected chi connectivity index (χ2v) is 5.10. The zero-order valence-electron chi connectivity index (χ0n) is 10.1. The van der Waals surface area contributed by atoms with Crippen molar-refractivity contribution in [3.05, 3.63) is 68.7 Å². The van der Waals surface area contributed by atoms with Crippen LogP contribution in [0.15, 0.2) is 36.4 Å². The van der Waals surface area contributed by atoms with E-state index in [2.05, 4.69) is 0 Å². The van der Waals surface area contributed by atoms with Crippen LogP contribution in [0.2, 0.25) is 10.0 Å². The fourth-order valence-corrected chi connectivity index (χ4v) is 2.22. The summed E-state index contributed by atoms with van der Waals surface area (Å²) in [6, 6.07) is 10.6. The summed E-state index contributed by atoms with van der Waals surface area (Å²) in [4.78, 5) is 12.4. The number of benzene rings is 2. The van der Waals surface area contributed by atoms with Gasteiger partial charge in [-0.25, -0.2) is 0 Å². The third-order valence-electron chi connectivity index (χ3n) is 2.84. The van der Waals surface area contributed by atoms with E-state index in [1.54, 1.807) is 24.3 Å². The van der Waals surface area contributed by atoms with Crippen molar-refractivity contribution >= 4 is 29.0 Å². The molecule has 0 fully saturated rings. The molecule has 0 saturated heterocycles. The molecule has 0 heterocycles. The van der Waals surface area contributed by atoms with E-state index in [0.717, 1.165) is 11.1 Å². The number of aryl methyl sites for hydroxylation is 2. The van der Waals surface area contributed by atoms with Crippen molar-refractivity contribution in [2.75, 3.05) is 0 Å². The van der Waals surface area contributed by atoms with Crippen LogP contribution in [0.4, 0.5) is 0 Å². The molecule has 0 spiro atoms. The highest BCUT2D eigenvalue weighted by Crippen LogP contribution is 2.23. The first kappa shape index (κ1) is 13.1. The maximum absolute atomic E-state index is 12.4. The number of halogens is 2. The van der Waals surface area contributed by atoms with E-state index in [9.17, 15) is 4.79 Å². The molecular weight excluding hydrogens is 267 g/mol. The third-order valence-corrected chi connectivity index (χ3v) is 3.48. The second kappa shape index (κ2) is 5.13. The summed E-state index contributed by atoms with van der Waals surface area (Å²) in [6.45, 7) is 3.76. The Kier molecular flexibility index (Phi) is 3.74. The lowest BCUT2D eigenvalue weighted by molar-refractivity contribution is 0.103. The molecule has 0 aromatic heterocycles. The first-order valence-corrected chi connectivity index (χ1v) is 6.31. The first-order chi connectivity index (χ1) is 8.49. The van der Waals surface area contributed by atoms with Crippen LogP contribution < -0.4 is 0 Å². The summed E-state index contributed by atoms with van der Waals surface area (Å²) in [7, 11) is 0. The topological polar surface area (TPSA) is 17.1 Å². The van der Waals surface area contributed by atoms with E-state index < -0.39 is 0 Å². The van der Waals surface area contributed by atoms with E-state index in [0.29, 0.717) is 21.2 Å². The number of carbonyl (C=O) groups is 1. The lowest BCUT2D eigenvalue weighted by Gasteiger charge is -2.08. The van der Waals surface area contributed by atoms with Crippen molar-refractivity contribution in [1.29, 1.82) is 0 Å². The average molecular weight is 279 g/mol. The maximum atomic E-state index is 12.4. The highest BCUT2D eigenvalue weighted by molar-refractivity contribution is 6.32. The van der Waals surface area contributed by atoms with Gasteiger partial charge in [0.15, 0.2) is 5.78 Å². The fraction of sp³-hybridized carbons (Fsp3) is 0.133. The zero-order chi connectivity index (χ0) is 13.3. The molecule has 0 amide bonds. The highest BCUT2D eigenvalue weighted by atomic mass is 35.5. The SMILES string of the molecule is Cc1cc(C(=O)c2cccc(Cl)c2)c(C)cc1Cl. The van der Waals surface area contributed by atoms with E-state index in [4.69, 9.17) is 23.2 Å². The molecule has 0 aliphatic carbocycles. The molecule has 0 saturated carbocycles. The van der Waals surface area contributed by atoms with Crippen LogP contribution in [0.25, 0.3) is 0 Å². The zero-order valence-corrected chi connectivity index (χ0v) is 11.6. The van der Waals surface area contributed by atoms with Crippen LogP contribution in [-0.2, 0) is 0 Å². The molecule has 0 unspecified atom stereocenters. The van der Waals surface area contributed by atoms with Crippen molar-refractivity contribution in [2.45, 2.75) is 13.8 Å². The summed E-state index contributed by atoms with van der Waals surface area (Å²) >= 11 is 11.9. The molecule has 0 radical (unpaired) electrons. The van der Waals surface area contributed by atoms with Crippen molar-refractivity contribution < 1.29 is 4.79 Å². The van der Waals surface area contributed by atoms with Gasteiger partial charge in [-0.05, 0) is 49.2 Å². The predicted molar refractivity (Wildman–Crippen MR) is 75.8 cm³/mol. The summed E-state index contributed by atoms with van der Waals surface area (Å²) in [5.74, 6) is -0.0326. The Balaban J connectivity index is 2.49. The summed E-state index contributed by atoms with van der Waals surface area (Å²) in [5.41, 5.74) is 3.02. The second-order valence-electron chi connectivity index (χ2n) is 4.26. The van der Waals surface area contributed by atoms with E-state index in [1.807, 2.05) is 26.0 Å². The van der Waals surface area contributed by atoms with Crippen LogP contribution in [0, 0.1) is 13.8 Å². The van der Waals surface area contributed by atoms with Gasteiger partial charge < -0.3 is 0 Å². The van der Waals surface area contributed by atoms with Crippen LogP contribution in [0.3, 0.4) is 0 Å². The van der Waals surface area contributed by atoms with Crippen molar-refractivity contribution in [1.82, 2.24) is 0 Å². The standard InChI is InChI=1S/C15H12Cl2O/c1-9-7-14(17)10(2)6-13(9)15(18)11-4-3-5-12(16)8-11/h3-8H,1-2H3. The van der Waals surface area contributed by atoms with Gasteiger partial charge in [0.05, 0.1) is 0 Å². The molecule has 0 N–H and O–H groups in total. The average Bonchev–Trinajstić information content (AvgIpc) is 2.33. The molecule has 92 valence electrons. The van der Waals surface area contributed by atoms with Gasteiger partial charge in [0.2, 0.25) is 0 Å². The van der Waals surface area contributed by atoms with Gasteiger partial charge in [-0.3, -0.25) is 4.79 Å². The Morgan fingerprint density at radius 1 is 1.00 bits per heavy atom. The Bertz CT molecular complexity index is 618. The Hall–Kier alpha value is -1.31. The molecule has 2 aromatic carbocycles. The largest absolute Gasteiger partial charge is 0.289 e. The number of hydrogen-bond acceptors (Lipinski definition) is 1. The van der Waals surface area contributed by atoms with Gasteiger partial charge in [-0.15, -0.1) is 0 Å². The molecule has 0 atom stereocenters. The van der Waals surface area contributed by atoms with Gasteiger partial charge in [0, 0.05) is 21.2 Å². The van der Waals surface area contributed by atoms with Crippen molar-refractivity contribution in [3.8, 4) is 0 Å². The quantitative estimate of drug-likeness (QED) is 0.719. The minimum absolute atomic E-state index is 0.0326. The molecule has 18 heavy (non-hydrogen) atoms. The van der Waals surface area contributed by atoms with E-state index in [-0.39, 0.29) is 5.78 Å². The van der Waals surface area contributed by atoms with E-state index in [1.165, 1.54) is 0 Å². The molecule has 0 aliphatic rings. The molecule has 0 bridgehead atoms. The number of carbonyl (C=O) groups excluding carboxylic acids is 1. The smallest absolute Gasteiger partial charge is 0.193 e. The van der Waals surface area contributed by atoms with Crippen molar-refractivity contribution in [3.63, 3.8) is 0 Å². The molecule has 3 heteroatoms. The summed E-state index contributed by atoms with van der Waals surface area (Å²) < 4.78 is 0. The monoisotopic (exact) mass is 278 g/mol. The third kappa shape index (κ3) is 2.58. The van der Waals surface area contributed by atoms with Crippen molar-refractivity contribution in [2.24, 2.45) is 0 Å². The van der Waals surface area contributed by atoms with Crippen LogP contribution >= 0.6 is 23.2 Å². The highest BCUT2D eigenvalue weighted by Gasteiger charge is 2.13. The number of hydrogen-bond donors (Lipinski definition) is 0. The van der Waals surface area contributed by atoms with Crippen LogP contribution in [-0.4, -0.2) is 5.78 Å². The first-order valence-electron chi connectivity index (χ1n) is 5.56. The molecular formula is C15H12Cl2O. The minimum atomic E-state index is -0.0326. The molecule has 2 rings (SSSR count). The Morgan fingerprint density at radius 2 is 1.72 bits per heavy atom. The number of rotatable bonds is 2. The van der Waals surface area contributed by atoms with Gasteiger partial charge in [0.1, 0.15) is 0 Å². The normalized spacial score (nSPS) is 10.4. The number of ketones is 1. The van der Waals surface area contributed by atoms with Crippen LogP contribution in [0.5, 0.6) is 0 Å². The molecule has 2 aromatic rings. The maximum Gasteiger partial charge on any atom is 0.193 e. The van der Waals surface area contributed by atoms with Gasteiger partial charge in [-0.1, -0.05) is 35.3 Å². The lowest BCUT2D eigenvalue weighted by atomic mass is 9.97. The summed E-state index contributed by atoms with van der Waals surface area (Å²) in [6.07, 6.45) is 0. The van der Waals surface area contributed by atoms with E-state index >= 15 is 0 Å². The predicted octanol–water partition coefficient (Wildman–Crippen LogP) is 4.84. The van der Waals surface area contributed by atoms with Crippen LogP contribution in [0.1, 0.15) is 27.0 Å². The summed E-state index contributed by atoms with van der Waals surface area (Å²) in [5, 5.41) is 1.24. The molecule has 1 nitrogen and oxygen atoms in total. The lowest BCUT2D eigenvalue weighted by Crippen LogP contribution is -2.04. The van der Waals surface area contributed by atoms with Gasteiger partial charge >= 0.3 is 0 Å². The Labute approximate surface area is 116 Å². The molecule has 0 aliphatic heterocycles. The van der Waals surface area contributed by atoms with Gasteiger partial charge in [0.25, 0.3) is 0 Å². The minimum Gasteiger partial charge on any atom is -0.289 e. The fourth-order valence-electron chi connectivity index (χ4n) is 1.81.